The number of rotatable bonds is 7. The second-order valence-electron chi connectivity index (χ2n) is 7.81. The van der Waals surface area contributed by atoms with Crippen LogP contribution in [0.15, 0.2) is 53.6 Å². The average Bonchev–Trinajstić information content (AvgIpc) is 3.28. The molecule has 0 fully saturated rings. The van der Waals surface area contributed by atoms with Gasteiger partial charge in [0, 0.05) is 12.6 Å². The second kappa shape index (κ2) is 9.01. The maximum absolute atomic E-state index is 12.9. The normalized spacial score (nSPS) is 12.0. The highest BCUT2D eigenvalue weighted by Crippen LogP contribution is 2.16. The lowest BCUT2D eigenvalue weighted by atomic mass is 10.1. The van der Waals surface area contributed by atoms with E-state index in [2.05, 4.69) is 30.8 Å². The molecule has 2 aromatic carbocycles. The molecule has 0 aliphatic carbocycles. The first kappa shape index (κ1) is 21.2. The summed E-state index contributed by atoms with van der Waals surface area (Å²) in [5.74, 6) is 0.221. The molecule has 4 aromatic rings. The standard InChI is InChI=1S/C23H25N7O2/c1-14-7-8-19(30-25-11-12-26-30)17(13-14)21(31)27-16(3)9-10-24-23-28-18-6-4-5-15(2)20(18)22(32)29-23/h4-8,11-13,16H,9-10H2,1-3H3,(H,27,31)(H2,24,28,29,32). The van der Waals surface area contributed by atoms with Gasteiger partial charge in [0.15, 0.2) is 0 Å². The van der Waals surface area contributed by atoms with Gasteiger partial charge in [-0.05, 0) is 51.0 Å². The number of nitrogens with zero attached hydrogens (tertiary/aromatic N) is 4. The number of anilines is 1. The van der Waals surface area contributed by atoms with Gasteiger partial charge in [-0.2, -0.15) is 15.0 Å². The summed E-state index contributed by atoms with van der Waals surface area (Å²) in [7, 11) is 0. The van der Waals surface area contributed by atoms with Crippen molar-refractivity contribution in [2.45, 2.75) is 33.2 Å². The lowest BCUT2D eigenvalue weighted by Crippen LogP contribution is -2.34. The molecule has 0 saturated heterocycles. The SMILES string of the molecule is Cc1ccc(-n2nccn2)c(C(=O)NC(C)CCNc2nc3cccc(C)c3c(=O)[nH]2)c1. The van der Waals surface area contributed by atoms with E-state index in [9.17, 15) is 9.59 Å². The summed E-state index contributed by atoms with van der Waals surface area (Å²) in [6, 6.07) is 11.1. The van der Waals surface area contributed by atoms with Crippen LogP contribution >= 0.6 is 0 Å². The molecule has 2 heterocycles. The number of hydrogen-bond donors (Lipinski definition) is 3. The topological polar surface area (TPSA) is 118 Å². The number of aromatic amines is 1. The number of carbonyl (C=O) groups excluding carboxylic acids is 1. The van der Waals surface area contributed by atoms with Gasteiger partial charge in [0.25, 0.3) is 11.5 Å². The van der Waals surface area contributed by atoms with Gasteiger partial charge in [-0.1, -0.05) is 23.8 Å². The van der Waals surface area contributed by atoms with Crippen LogP contribution in [0.3, 0.4) is 0 Å². The van der Waals surface area contributed by atoms with Crippen LogP contribution in [-0.2, 0) is 0 Å². The van der Waals surface area contributed by atoms with E-state index in [1.807, 2.05) is 57.2 Å². The zero-order valence-electron chi connectivity index (χ0n) is 18.2. The molecular formula is C23H25N7O2. The number of amides is 1. The highest BCUT2D eigenvalue weighted by atomic mass is 16.1. The summed E-state index contributed by atoms with van der Waals surface area (Å²) in [5, 5.41) is 15.0. The Morgan fingerprint density at radius 1 is 1.16 bits per heavy atom. The van der Waals surface area contributed by atoms with Crippen LogP contribution in [0.5, 0.6) is 0 Å². The molecule has 4 rings (SSSR count). The second-order valence-corrected chi connectivity index (χ2v) is 7.81. The molecule has 0 aliphatic heterocycles. The van der Waals surface area contributed by atoms with Crippen molar-refractivity contribution in [3.05, 3.63) is 75.8 Å². The Morgan fingerprint density at radius 2 is 1.94 bits per heavy atom. The first-order valence-corrected chi connectivity index (χ1v) is 10.4. The van der Waals surface area contributed by atoms with Crippen molar-refractivity contribution < 1.29 is 4.79 Å². The number of benzene rings is 2. The number of carbonyl (C=O) groups is 1. The molecule has 0 radical (unpaired) electrons. The Hall–Kier alpha value is -4.01. The van der Waals surface area contributed by atoms with Crippen molar-refractivity contribution in [2.75, 3.05) is 11.9 Å². The first-order valence-electron chi connectivity index (χ1n) is 10.4. The Balaban J connectivity index is 1.39. The van der Waals surface area contributed by atoms with Crippen molar-refractivity contribution >= 4 is 22.8 Å². The van der Waals surface area contributed by atoms with Crippen LogP contribution < -0.4 is 16.2 Å². The van der Waals surface area contributed by atoms with Crippen LogP contribution in [0.1, 0.15) is 34.8 Å². The molecule has 0 saturated carbocycles. The minimum Gasteiger partial charge on any atom is -0.356 e. The predicted octanol–water partition coefficient (Wildman–Crippen LogP) is 2.74. The van der Waals surface area contributed by atoms with E-state index < -0.39 is 0 Å². The molecule has 0 spiro atoms. The first-order chi connectivity index (χ1) is 15.4. The van der Waals surface area contributed by atoms with Crippen molar-refractivity contribution in [2.24, 2.45) is 0 Å². The van der Waals surface area contributed by atoms with Gasteiger partial charge in [-0.15, -0.1) is 0 Å². The molecule has 9 heteroatoms. The monoisotopic (exact) mass is 431 g/mol. The molecule has 0 bridgehead atoms. The van der Waals surface area contributed by atoms with Crippen LogP contribution in [0, 0.1) is 13.8 Å². The fourth-order valence-electron chi connectivity index (χ4n) is 3.57. The maximum Gasteiger partial charge on any atom is 0.260 e. The summed E-state index contributed by atoms with van der Waals surface area (Å²) in [5.41, 5.74) is 3.48. The average molecular weight is 432 g/mol. The summed E-state index contributed by atoms with van der Waals surface area (Å²) in [6.45, 7) is 6.28. The highest BCUT2D eigenvalue weighted by molar-refractivity contribution is 5.98. The third-order valence-electron chi connectivity index (χ3n) is 5.22. The molecule has 3 N–H and O–H groups in total. The summed E-state index contributed by atoms with van der Waals surface area (Å²) in [6.07, 6.45) is 3.78. The zero-order valence-corrected chi connectivity index (χ0v) is 18.2. The third kappa shape index (κ3) is 4.51. The quantitative estimate of drug-likeness (QED) is 0.414. The van der Waals surface area contributed by atoms with Crippen LogP contribution in [0.25, 0.3) is 16.6 Å². The van der Waals surface area contributed by atoms with Crippen molar-refractivity contribution in [3.63, 3.8) is 0 Å². The smallest absolute Gasteiger partial charge is 0.260 e. The number of aryl methyl sites for hydroxylation is 2. The van der Waals surface area contributed by atoms with Crippen molar-refractivity contribution in [3.8, 4) is 5.69 Å². The Labute approximate surface area is 184 Å². The lowest BCUT2D eigenvalue weighted by Gasteiger charge is -2.16. The van der Waals surface area contributed by atoms with Gasteiger partial charge in [0.1, 0.15) is 0 Å². The lowest BCUT2D eigenvalue weighted by molar-refractivity contribution is 0.0938. The van der Waals surface area contributed by atoms with Gasteiger partial charge in [0.05, 0.1) is 34.5 Å². The third-order valence-corrected chi connectivity index (χ3v) is 5.22. The Bertz CT molecular complexity index is 1310. The van der Waals surface area contributed by atoms with Crippen LogP contribution in [-0.4, -0.2) is 43.5 Å². The van der Waals surface area contributed by atoms with Gasteiger partial charge < -0.3 is 10.6 Å². The number of nitrogens with one attached hydrogen (secondary N) is 3. The van der Waals surface area contributed by atoms with E-state index in [1.165, 1.54) is 4.80 Å². The van der Waals surface area contributed by atoms with E-state index in [-0.39, 0.29) is 17.5 Å². The van der Waals surface area contributed by atoms with Crippen molar-refractivity contribution in [1.29, 1.82) is 0 Å². The molecule has 0 aliphatic rings. The molecular weight excluding hydrogens is 406 g/mol. The van der Waals surface area contributed by atoms with E-state index in [0.717, 1.165) is 11.1 Å². The highest BCUT2D eigenvalue weighted by Gasteiger charge is 2.16. The van der Waals surface area contributed by atoms with E-state index in [0.29, 0.717) is 41.1 Å². The zero-order chi connectivity index (χ0) is 22.7. The minimum absolute atomic E-state index is 0.108. The van der Waals surface area contributed by atoms with E-state index >= 15 is 0 Å². The summed E-state index contributed by atoms with van der Waals surface area (Å²) >= 11 is 0. The van der Waals surface area contributed by atoms with Crippen molar-refractivity contribution in [1.82, 2.24) is 30.3 Å². The number of fused-ring (bicyclic) bond motifs is 1. The molecule has 1 amide bonds. The largest absolute Gasteiger partial charge is 0.356 e. The minimum atomic E-state index is -0.193. The maximum atomic E-state index is 12.9. The fraction of sp³-hybridized carbons (Fsp3) is 0.261. The van der Waals surface area contributed by atoms with E-state index in [1.54, 1.807) is 12.4 Å². The summed E-state index contributed by atoms with van der Waals surface area (Å²) in [4.78, 5) is 34.0. The van der Waals surface area contributed by atoms with Gasteiger partial charge >= 0.3 is 0 Å². The number of hydrogen-bond acceptors (Lipinski definition) is 6. The predicted molar refractivity (Wildman–Crippen MR) is 123 cm³/mol. The fourth-order valence-corrected chi connectivity index (χ4v) is 3.57. The Morgan fingerprint density at radius 3 is 2.72 bits per heavy atom. The number of aromatic nitrogens is 5. The van der Waals surface area contributed by atoms with E-state index in [4.69, 9.17) is 0 Å². The van der Waals surface area contributed by atoms with Gasteiger partial charge in [-0.25, -0.2) is 4.98 Å². The number of H-pyrrole nitrogens is 1. The molecule has 9 nitrogen and oxygen atoms in total. The van der Waals surface area contributed by atoms with Gasteiger partial charge in [0.2, 0.25) is 5.95 Å². The molecule has 32 heavy (non-hydrogen) atoms. The van der Waals surface area contributed by atoms with Gasteiger partial charge in [-0.3, -0.25) is 14.6 Å². The molecule has 1 unspecified atom stereocenters. The van der Waals surface area contributed by atoms with Crippen LogP contribution in [0.2, 0.25) is 0 Å². The molecule has 164 valence electrons. The molecule has 2 aromatic heterocycles. The Kier molecular flexibility index (Phi) is 5.98. The summed E-state index contributed by atoms with van der Waals surface area (Å²) < 4.78 is 0. The van der Waals surface area contributed by atoms with Crippen LogP contribution in [0.4, 0.5) is 5.95 Å². The molecule has 1 atom stereocenters.